The second kappa shape index (κ2) is 7.06. The minimum Gasteiger partial charge on any atom is -0.377 e. The van der Waals surface area contributed by atoms with E-state index in [9.17, 15) is 0 Å². The van der Waals surface area contributed by atoms with Crippen molar-refractivity contribution in [1.29, 1.82) is 0 Å². The number of ether oxygens (including phenoxy) is 1. The van der Waals surface area contributed by atoms with E-state index in [2.05, 4.69) is 20.2 Å². The number of rotatable bonds is 6. The molecule has 18 heavy (non-hydrogen) atoms. The molecule has 0 spiro atoms. The van der Waals surface area contributed by atoms with Gasteiger partial charge in [-0.2, -0.15) is 0 Å². The van der Waals surface area contributed by atoms with Gasteiger partial charge in [-0.15, -0.1) is 0 Å². The quantitative estimate of drug-likeness (QED) is 0.588. The summed E-state index contributed by atoms with van der Waals surface area (Å²) in [5.74, 6) is 0.798. The molecule has 0 atom stereocenters. The molecule has 5 nitrogen and oxygen atoms in total. The second-order valence-electron chi connectivity index (χ2n) is 4.74. The van der Waals surface area contributed by atoms with Crippen LogP contribution in [-0.4, -0.2) is 43.4 Å². The van der Waals surface area contributed by atoms with Gasteiger partial charge >= 0.3 is 0 Å². The Kier molecular flexibility index (Phi) is 5.71. The van der Waals surface area contributed by atoms with Gasteiger partial charge in [-0.1, -0.05) is 0 Å². The Hall–Kier alpha value is -1.49. The summed E-state index contributed by atoms with van der Waals surface area (Å²) in [4.78, 5) is 4.17. The van der Waals surface area contributed by atoms with Crippen molar-refractivity contribution in [3.63, 3.8) is 0 Å². The number of guanidine groups is 1. The summed E-state index contributed by atoms with van der Waals surface area (Å²) in [6, 6.07) is 4.04. The molecule has 0 unspecified atom stereocenters. The lowest BCUT2D eigenvalue weighted by Crippen LogP contribution is -2.45. The summed E-state index contributed by atoms with van der Waals surface area (Å²) in [6.07, 6.45) is 4.10. The van der Waals surface area contributed by atoms with Crippen molar-refractivity contribution in [3.8, 4) is 0 Å². The van der Waals surface area contributed by atoms with E-state index < -0.39 is 0 Å². The van der Waals surface area contributed by atoms with Crippen molar-refractivity contribution in [3.05, 3.63) is 24.5 Å². The highest BCUT2D eigenvalue weighted by Crippen LogP contribution is 2.04. The molecule has 1 rings (SSSR count). The molecule has 0 aromatic carbocycles. The largest absolute Gasteiger partial charge is 0.377 e. The molecule has 0 saturated heterocycles. The van der Waals surface area contributed by atoms with Crippen LogP contribution in [0.5, 0.6) is 0 Å². The van der Waals surface area contributed by atoms with E-state index in [-0.39, 0.29) is 5.60 Å². The molecule has 2 N–H and O–H groups in total. The first-order valence-electron chi connectivity index (χ1n) is 6.18. The van der Waals surface area contributed by atoms with Crippen molar-refractivity contribution in [2.75, 3.05) is 27.2 Å². The third kappa shape index (κ3) is 5.23. The van der Waals surface area contributed by atoms with Crippen molar-refractivity contribution in [2.45, 2.75) is 26.0 Å². The van der Waals surface area contributed by atoms with E-state index in [0.717, 1.165) is 19.0 Å². The van der Waals surface area contributed by atoms with Crippen LogP contribution in [-0.2, 0) is 11.3 Å². The van der Waals surface area contributed by atoms with Crippen LogP contribution in [0.25, 0.3) is 0 Å². The van der Waals surface area contributed by atoms with Crippen LogP contribution < -0.4 is 10.6 Å². The molecule has 1 aromatic heterocycles. The molecule has 1 aromatic rings. The lowest BCUT2D eigenvalue weighted by Gasteiger charge is -2.24. The Morgan fingerprint density at radius 2 is 1.94 bits per heavy atom. The summed E-state index contributed by atoms with van der Waals surface area (Å²) in [6.45, 7) is 6.54. The van der Waals surface area contributed by atoms with E-state index in [0.29, 0.717) is 6.54 Å². The maximum Gasteiger partial charge on any atom is 0.191 e. The molecular formula is C13H24N4O. The van der Waals surface area contributed by atoms with Crippen molar-refractivity contribution in [1.82, 2.24) is 15.2 Å². The number of nitrogens with zero attached hydrogens (tertiary/aromatic N) is 2. The normalized spacial score (nSPS) is 12.6. The Bertz CT molecular complexity index is 357. The average molecular weight is 252 g/mol. The van der Waals surface area contributed by atoms with Crippen LogP contribution in [0.15, 0.2) is 29.5 Å². The molecule has 0 aliphatic heterocycles. The van der Waals surface area contributed by atoms with Crippen LogP contribution in [0.4, 0.5) is 0 Å². The highest BCUT2D eigenvalue weighted by atomic mass is 16.5. The van der Waals surface area contributed by atoms with Crippen molar-refractivity contribution >= 4 is 5.96 Å². The zero-order chi connectivity index (χ0) is 13.4. The van der Waals surface area contributed by atoms with Gasteiger partial charge in [0.15, 0.2) is 5.96 Å². The van der Waals surface area contributed by atoms with Gasteiger partial charge in [0.2, 0.25) is 0 Å². The molecule has 0 bridgehead atoms. The minimum atomic E-state index is -0.196. The van der Waals surface area contributed by atoms with E-state index in [1.807, 2.05) is 38.4 Å². The third-order valence-electron chi connectivity index (χ3n) is 2.79. The first-order valence-corrected chi connectivity index (χ1v) is 6.18. The van der Waals surface area contributed by atoms with Gasteiger partial charge in [-0.3, -0.25) is 4.99 Å². The second-order valence-corrected chi connectivity index (χ2v) is 4.74. The van der Waals surface area contributed by atoms with Crippen LogP contribution in [0.3, 0.4) is 0 Å². The van der Waals surface area contributed by atoms with E-state index >= 15 is 0 Å². The fraction of sp³-hybridized carbons (Fsp3) is 0.615. The fourth-order valence-corrected chi connectivity index (χ4v) is 1.41. The molecule has 1 heterocycles. The predicted octanol–water partition coefficient (Wildman–Crippen LogP) is 1.08. The summed E-state index contributed by atoms with van der Waals surface area (Å²) in [5.41, 5.74) is -0.196. The first-order chi connectivity index (χ1) is 8.57. The molecule has 0 radical (unpaired) electrons. The van der Waals surface area contributed by atoms with Crippen molar-refractivity contribution < 1.29 is 4.74 Å². The summed E-state index contributed by atoms with van der Waals surface area (Å²) in [5, 5.41) is 6.51. The first kappa shape index (κ1) is 14.6. The minimum absolute atomic E-state index is 0.196. The molecule has 0 aliphatic rings. The van der Waals surface area contributed by atoms with E-state index in [4.69, 9.17) is 4.74 Å². The Balaban J connectivity index is 2.26. The molecule has 0 fully saturated rings. The smallest absolute Gasteiger partial charge is 0.191 e. The van der Waals surface area contributed by atoms with Crippen LogP contribution >= 0.6 is 0 Å². The van der Waals surface area contributed by atoms with Gasteiger partial charge in [0.05, 0.1) is 5.60 Å². The molecule has 0 aliphatic carbocycles. The Morgan fingerprint density at radius 3 is 2.50 bits per heavy atom. The molecule has 0 amide bonds. The van der Waals surface area contributed by atoms with Gasteiger partial charge in [-0.05, 0) is 26.0 Å². The van der Waals surface area contributed by atoms with Gasteiger partial charge in [0.1, 0.15) is 0 Å². The fourth-order valence-electron chi connectivity index (χ4n) is 1.41. The zero-order valence-corrected chi connectivity index (χ0v) is 11.7. The van der Waals surface area contributed by atoms with Crippen LogP contribution in [0, 0.1) is 0 Å². The molecular weight excluding hydrogens is 228 g/mol. The van der Waals surface area contributed by atoms with Gasteiger partial charge in [-0.25, -0.2) is 0 Å². The zero-order valence-electron chi connectivity index (χ0n) is 11.7. The standard InChI is InChI=1S/C13H24N4O/c1-13(2,18-4)11-16-12(14-3)15-7-10-17-8-5-6-9-17/h5-6,8-9H,7,10-11H2,1-4H3,(H2,14,15,16). The lowest BCUT2D eigenvalue weighted by molar-refractivity contribution is 0.0268. The molecule has 102 valence electrons. The Morgan fingerprint density at radius 1 is 1.28 bits per heavy atom. The van der Waals surface area contributed by atoms with Crippen LogP contribution in [0.1, 0.15) is 13.8 Å². The lowest BCUT2D eigenvalue weighted by atomic mass is 10.1. The van der Waals surface area contributed by atoms with Crippen LogP contribution in [0.2, 0.25) is 0 Å². The summed E-state index contributed by atoms with van der Waals surface area (Å²) >= 11 is 0. The average Bonchev–Trinajstić information content (AvgIpc) is 2.86. The topological polar surface area (TPSA) is 50.6 Å². The monoisotopic (exact) mass is 252 g/mol. The number of nitrogens with one attached hydrogen (secondary N) is 2. The van der Waals surface area contributed by atoms with E-state index in [1.54, 1.807) is 14.2 Å². The van der Waals surface area contributed by atoms with Gasteiger partial charge < -0.3 is 19.9 Å². The predicted molar refractivity (Wildman–Crippen MR) is 74.9 cm³/mol. The summed E-state index contributed by atoms with van der Waals surface area (Å²) in [7, 11) is 3.48. The highest BCUT2D eigenvalue weighted by Gasteiger charge is 2.16. The number of aromatic nitrogens is 1. The maximum atomic E-state index is 5.35. The van der Waals surface area contributed by atoms with Gasteiger partial charge in [0.25, 0.3) is 0 Å². The number of aliphatic imine (C=N–C) groups is 1. The SMILES string of the molecule is CN=C(NCCn1cccc1)NCC(C)(C)OC. The maximum absolute atomic E-state index is 5.35. The Labute approximate surface area is 109 Å². The number of hydrogen-bond donors (Lipinski definition) is 2. The number of methoxy groups -OCH3 is 1. The molecule has 5 heteroatoms. The highest BCUT2D eigenvalue weighted by molar-refractivity contribution is 5.79. The number of hydrogen-bond acceptors (Lipinski definition) is 2. The third-order valence-corrected chi connectivity index (χ3v) is 2.79. The molecule has 0 saturated carbocycles. The summed E-state index contributed by atoms with van der Waals surface area (Å²) < 4.78 is 7.47. The van der Waals surface area contributed by atoms with Crippen molar-refractivity contribution in [2.24, 2.45) is 4.99 Å². The van der Waals surface area contributed by atoms with Gasteiger partial charge in [0, 0.05) is 46.2 Å². The van der Waals surface area contributed by atoms with E-state index in [1.165, 1.54) is 0 Å².